The first-order valence-electron chi connectivity index (χ1n) is 8.57. The fraction of sp³-hybridized carbons (Fsp3) is 0.611. The Labute approximate surface area is 132 Å². The van der Waals surface area contributed by atoms with Crippen LogP contribution in [-0.4, -0.2) is 32.1 Å². The molecule has 0 radical (unpaired) electrons. The second-order valence-electron chi connectivity index (χ2n) is 6.56. The highest BCUT2D eigenvalue weighted by Gasteiger charge is 2.34. The van der Waals surface area contributed by atoms with Gasteiger partial charge in [0.05, 0.1) is 20.2 Å². The third-order valence-electron chi connectivity index (χ3n) is 5.07. The van der Waals surface area contributed by atoms with Crippen LogP contribution in [0.1, 0.15) is 50.1 Å². The van der Waals surface area contributed by atoms with Crippen LogP contribution in [0.25, 0.3) is 0 Å². The highest BCUT2D eigenvalue weighted by atomic mass is 16.5. The van der Waals surface area contributed by atoms with E-state index in [4.69, 9.17) is 4.74 Å². The Morgan fingerprint density at radius 1 is 1.14 bits per heavy atom. The van der Waals surface area contributed by atoms with Gasteiger partial charge in [-0.25, -0.2) is 0 Å². The van der Waals surface area contributed by atoms with Crippen molar-refractivity contribution in [1.82, 2.24) is 5.32 Å². The van der Waals surface area contributed by atoms with E-state index in [9.17, 15) is 4.79 Å². The standard InChI is InChI=1S/C18H26N2O2/c1-22-16-10-8-14(9-11-16)17(20-12-4-5-13-20)18(21)19-15-6-2-3-7-15/h8-11,15,17H,2-7,12-13H2,1H3,(H,19,21)/p+1. The van der Waals surface area contributed by atoms with Gasteiger partial charge in [0.15, 0.2) is 6.04 Å². The summed E-state index contributed by atoms with van der Waals surface area (Å²) in [5.74, 6) is 1.05. The number of carbonyl (C=O) groups is 1. The molecule has 1 saturated carbocycles. The van der Waals surface area contributed by atoms with E-state index in [0.717, 1.165) is 37.2 Å². The second-order valence-corrected chi connectivity index (χ2v) is 6.56. The van der Waals surface area contributed by atoms with Crippen molar-refractivity contribution in [3.8, 4) is 5.75 Å². The van der Waals surface area contributed by atoms with Crippen LogP contribution in [0.5, 0.6) is 5.75 Å². The molecule has 1 atom stereocenters. The first kappa shape index (κ1) is 15.3. The SMILES string of the molecule is COc1ccc(C(C(=O)NC2CCCC2)[NH+]2CCCC2)cc1. The Morgan fingerprint density at radius 2 is 1.77 bits per heavy atom. The number of likely N-dealkylation sites (tertiary alicyclic amines) is 1. The lowest BCUT2D eigenvalue weighted by atomic mass is 10.0. The van der Waals surface area contributed by atoms with Crippen LogP contribution < -0.4 is 15.0 Å². The van der Waals surface area contributed by atoms with Crippen molar-refractivity contribution >= 4 is 5.91 Å². The zero-order valence-electron chi connectivity index (χ0n) is 13.4. The maximum atomic E-state index is 12.9. The summed E-state index contributed by atoms with van der Waals surface area (Å²) in [6.07, 6.45) is 7.20. The van der Waals surface area contributed by atoms with Gasteiger partial charge in [-0.3, -0.25) is 4.79 Å². The van der Waals surface area contributed by atoms with Gasteiger partial charge in [0.1, 0.15) is 5.75 Å². The summed E-state index contributed by atoms with van der Waals surface area (Å²) in [5, 5.41) is 3.29. The molecule has 2 N–H and O–H groups in total. The summed E-state index contributed by atoms with van der Waals surface area (Å²) >= 11 is 0. The molecule has 2 aliphatic rings. The first-order chi connectivity index (χ1) is 10.8. The molecule has 120 valence electrons. The van der Waals surface area contributed by atoms with Crippen LogP contribution in [0.2, 0.25) is 0 Å². The molecule has 22 heavy (non-hydrogen) atoms. The van der Waals surface area contributed by atoms with E-state index in [1.165, 1.54) is 30.6 Å². The topological polar surface area (TPSA) is 42.8 Å². The molecular formula is C18H27N2O2+. The molecule has 3 rings (SSSR count). The summed E-state index contributed by atoms with van der Waals surface area (Å²) in [6.45, 7) is 2.18. The maximum Gasteiger partial charge on any atom is 0.283 e. The Morgan fingerprint density at radius 3 is 2.36 bits per heavy atom. The number of methoxy groups -OCH3 is 1. The van der Waals surface area contributed by atoms with Crippen LogP contribution in [0.4, 0.5) is 0 Å². The van der Waals surface area contributed by atoms with Gasteiger partial charge in [0.2, 0.25) is 0 Å². The summed E-state index contributed by atoms with van der Waals surface area (Å²) in [7, 11) is 1.67. The van der Waals surface area contributed by atoms with E-state index < -0.39 is 0 Å². The van der Waals surface area contributed by atoms with E-state index in [1.54, 1.807) is 7.11 Å². The summed E-state index contributed by atoms with van der Waals surface area (Å²) < 4.78 is 5.24. The van der Waals surface area contributed by atoms with Crippen molar-refractivity contribution in [1.29, 1.82) is 0 Å². The molecule has 1 aromatic carbocycles. The first-order valence-corrected chi connectivity index (χ1v) is 8.57. The van der Waals surface area contributed by atoms with Crippen molar-refractivity contribution in [2.75, 3.05) is 20.2 Å². The smallest absolute Gasteiger partial charge is 0.283 e. The quantitative estimate of drug-likeness (QED) is 0.865. The number of ether oxygens (including phenoxy) is 1. The van der Waals surface area contributed by atoms with Crippen molar-refractivity contribution in [3.63, 3.8) is 0 Å². The zero-order chi connectivity index (χ0) is 15.4. The maximum absolute atomic E-state index is 12.9. The molecule has 1 aliphatic heterocycles. The molecule has 1 saturated heterocycles. The Balaban J connectivity index is 1.77. The number of benzene rings is 1. The number of amides is 1. The third kappa shape index (κ3) is 3.43. The number of hydrogen-bond acceptors (Lipinski definition) is 2. The van der Waals surface area contributed by atoms with Crippen molar-refractivity contribution < 1.29 is 14.4 Å². The average Bonchev–Trinajstić information content (AvgIpc) is 3.22. The van der Waals surface area contributed by atoms with Gasteiger partial charge in [-0.15, -0.1) is 0 Å². The summed E-state index contributed by atoms with van der Waals surface area (Å²) in [5.41, 5.74) is 1.10. The number of rotatable bonds is 5. The normalized spacial score (nSPS) is 21.0. The molecule has 0 spiro atoms. The monoisotopic (exact) mass is 303 g/mol. The Hall–Kier alpha value is -1.55. The molecule has 1 amide bonds. The van der Waals surface area contributed by atoms with Crippen molar-refractivity contribution in [2.45, 2.75) is 50.6 Å². The van der Waals surface area contributed by atoms with Crippen LogP contribution in [0, 0.1) is 0 Å². The van der Waals surface area contributed by atoms with Crippen LogP contribution in [0.15, 0.2) is 24.3 Å². The van der Waals surface area contributed by atoms with Gasteiger partial charge >= 0.3 is 0 Å². The molecule has 4 heteroatoms. The predicted molar refractivity (Wildman–Crippen MR) is 86.1 cm³/mol. The molecule has 4 nitrogen and oxygen atoms in total. The van der Waals surface area contributed by atoms with E-state index in [2.05, 4.69) is 5.32 Å². The molecule has 0 bridgehead atoms. The largest absolute Gasteiger partial charge is 0.497 e. The number of hydrogen-bond donors (Lipinski definition) is 2. The number of nitrogens with one attached hydrogen (secondary N) is 2. The summed E-state index contributed by atoms with van der Waals surface area (Å²) in [6, 6.07) is 8.32. The fourth-order valence-corrected chi connectivity index (χ4v) is 3.84. The van der Waals surface area contributed by atoms with Crippen LogP contribution in [0.3, 0.4) is 0 Å². The predicted octanol–water partition coefficient (Wildman–Crippen LogP) is 1.47. The van der Waals surface area contributed by atoms with E-state index in [1.807, 2.05) is 24.3 Å². The highest BCUT2D eigenvalue weighted by Crippen LogP contribution is 2.20. The molecule has 0 aromatic heterocycles. The minimum absolute atomic E-state index is 0.0750. The van der Waals surface area contributed by atoms with Gasteiger partial charge in [-0.2, -0.15) is 0 Å². The van der Waals surface area contributed by atoms with Gasteiger partial charge in [-0.05, 0) is 37.1 Å². The van der Waals surface area contributed by atoms with Gasteiger partial charge in [0.25, 0.3) is 5.91 Å². The van der Waals surface area contributed by atoms with Crippen LogP contribution >= 0.6 is 0 Å². The molecule has 2 fully saturated rings. The average molecular weight is 303 g/mol. The van der Waals surface area contributed by atoms with Gasteiger partial charge in [0, 0.05) is 24.4 Å². The molecular weight excluding hydrogens is 276 g/mol. The minimum atomic E-state index is -0.0750. The Kier molecular flexibility index (Phi) is 4.98. The lowest BCUT2D eigenvalue weighted by molar-refractivity contribution is -0.909. The number of quaternary nitrogens is 1. The van der Waals surface area contributed by atoms with Crippen molar-refractivity contribution in [3.05, 3.63) is 29.8 Å². The molecule has 1 unspecified atom stereocenters. The lowest BCUT2D eigenvalue weighted by Crippen LogP contribution is -3.11. The summed E-state index contributed by atoms with van der Waals surface area (Å²) in [4.78, 5) is 14.3. The minimum Gasteiger partial charge on any atom is -0.497 e. The van der Waals surface area contributed by atoms with Gasteiger partial charge in [-0.1, -0.05) is 12.8 Å². The van der Waals surface area contributed by atoms with E-state index in [0.29, 0.717) is 6.04 Å². The van der Waals surface area contributed by atoms with Crippen molar-refractivity contribution in [2.24, 2.45) is 0 Å². The Bertz CT molecular complexity index is 488. The van der Waals surface area contributed by atoms with E-state index in [-0.39, 0.29) is 11.9 Å². The highest BCUT2D eigenvalue weighted by molar-refractivity contribution is 5.82. The second kappa shape index (κ2) is 7.14. The molecule has 1 heterocycles. The molecule has 1 aromatic rings. The molecule has 1 aliphatic carbocycles. The van der Waals surface area contributed by atoms with E-state index >= 15 is 0 Å². The van der Waals surface area contributed by atoms with Crippen LogP contribution in [-0.2, 0) is 4.79 Å². The zero-order valence-corrected chi connectivity index (χ0v) is 13.4. The lowest BCUT2D eigenvalue weighted by Gasteiger charge is -2.25. The fourth-order valence-electron chi connectivity index (χ4n) is 3.84. The third-order valence-corrected chi connectivity index (χ3v) is 5.07. The van der Waals surface area contributed by atoms with Gasteiger partial charge < -0.3 is 15.0 Å². The number of carbonyl (C=O) groups excluding carboxylic acids is 1.